The third-order valence-corrected chi connectivity index (χ3v) is 5.81. The summed E-state index contributed by atoms with van der Waals surface area (Å²) in [5, 5.41) is 8.11. The van der Waals surface area contributed by atoms with E-state index < -0.39 is 0 Å². The first-order valence-corrected chi connectivity index (χ1v) is 10.9. The highest BCUT2D eigenvalue weighted by Gasteiger charge is 2.42. The van der Waals surface area contributed by atoms with Gasteiger partial charge < -0.3 is 14.1 Å². The van der Waals surface area contributed by atoms with Gasteiger partial charge in [-0.15, -0.1) is 0 Å². The van der Waals surface area contributed by atoms with Gasteiger partial charge in [0, 0.05) is 16.1 Å². The van der Waals surface area contributed by atoms with Crippen LogP contribution in [0.2, 0.25) is 5.02 Å². The summed E-state index contributed by atoms with van der Waals surface area (Å²) in [6, 6.07) is 18.8. The van der Waals surface area contributed by atoms with Gasteiger partial charge in [0.1, 0.15) is 17.2 Å². The fraction of sp³-hybridized carbons (Fsp3) is 0.200. The monoisotopic (exact) mass is 447 g/mol. The van der Waals surface area contributed by atoms with Crippen molar-refractivity contribution in [2.75, 3.05) is 6.61 Å². The molecule has 2 aromatic heterocycles. The Morgan fingerprint density at radius 3 is 2.59 bits per heavy atom. The van der Waals surface area contributed by atoms with Crippen molar-refractivity contribution in [2.45, 2.75) is 25.9 Å². The number of nitrogens with one attached hydrogen (secondary N) is 1. The number of ether oxygens (including phenoxy) is 1. The molecule has 1 atom stereocenters. The van der Waals surface area contributed by atoms with Gasteiger partial charge in [0.05, 0.1) is 31.2 Å². The molecule has 7 heteroatoms. The van der Waals surface area contributed by atoms with E-state index in [4.69, 9.17) is 20.8 Å². The molecule has 6 nitrogen and oxygen atoms in total. The highest BCUT2D eigenvalue weighted by Crippen LogP contribution is 2.43. The summed E-state index contributed by atoms with van der Waals surface area (Å²) in [7, 11) is 0. The summed E-state index contributed by atoms with van der Waals surface area (Å²) in [5.74, 6) is 1.42. The van der Waals surface area contributed by atoms with Crippen molar-refractivity contribution in [1.82, 2.24) is 15.1 Å². The molecule has 5 rings (SSSR count). The van der Waals surface area contributed by atoms with E-state index in [2.05, 4.69) is 17.1 Å². The lowest BCUT2D eigenvalue weighted by Gasteiger charge is -2.25. The number of fused-ring (bicyclic) bond motifs is 1. The summed E-state index contributed by atoms with van der Waals surface area (Å²) < 4.78 is 11.3. The number of aromatic nitrogens is 2. The van der Waals surface area contributed by atoms with Crippen LogP contribution in [0.4, 0.5) is 0 Å². The van der Waals surface area contributed by atoms with E-state index in [0.29, 0.717) is 23.9 Å². The number of rotatable bonds is 7. The Morgan fingerprint density at radius 2 is 1.91 bits per heavy atom. The van der Waals surface area contributed by atoms with Crippen LogP contribution in [0.5, 0.6) is 5.75 Å². The second-order valence-corrected chi connectivity index (χ2v) is 8.14. The molecule has 0 bridgehead atoms. The smallest absolute Gasteiger partial charge is 0.273 e. The summed E-state index contributed by atoms with van der Waals surface area (Å²) in [5.41, 5.74) is 3.96. The first kappa shape index (κ1) is 20.4. The van der Waals surface area contributed by atoms with Gasteiger partial charge in [-0.2, -0.15) is 5.10 Å². The number of aromatic amines is 1. The number of carbonyl (C=O) groups excluding carboxylic acids is 1. The van der Waals surface area contributed by atoms with Crippen molar-refractivity contribution in [1.29, 1.82) is 0 Å². The van der Waals surface area contributed by atoms with Gasteiger partial charge in [0.15, 0.2) is 0 Å². The van der Waals surface area contributed by atoms with Crippen molar-refractivity contribution in [3.8, 4) is 17.0 Å². The second-order valence-electron chi connectivity index (χ2n) is 7.70. The van der Waals surface area contributed by atoms with Crippen LogP contribution in [0.25, 0.3) is 11.3 Å². The predicted octanol–water partition coefficient (Wildman–Crippen LogP) is 5.86. The molecule has 1 aliphatic rings. The highest BCUT2D eigenvalue weighted by atomic mass is 35.5. The third kappa shape index (κ3) is 3.67. The Morgan fingerprint density at radius 1 is 1.12 bits per heavy atom. The second kappa shape index (κ2) is 8.55. The number of benzene rings is 2. The van der Waals surface area contributed by atoms with Gasteiger partial charge in [0.25, 0.3) is 5.91 Å². The number of furan rings is 1. The molecule has 4 aromatic rings. The largest absolute Gasteiger partial charge is 0.494 e. The van der Waals surface area contributed by atoms with Gasteiger partial charge in [-0.1, -0.05) is 42.8 Å². The Bertz CT molecular complexity index is 1210. The van der Waals surface area contributed by atoms with Crippen LogP contribution >= 0.6 is 11.6 Å². The van der Waals surface area contributed by atoms with Crippen molar-refractivity contribution in [3.63, 3.8) is 0 Å². The van der Waals surface area contributed by atoms with Crippen LogP contribution in [-0.4, -0.2) is 27.6 Å². The molecule has 0 spiro atoms. The third-order valence-electron chi connectivity index (χ3n) is 5.56. The predicted molar refractivity (Wildman–Crippen MR) is 122 cm³/mol. The van der Waals surface area contributed by atoms with Crippen LogP contribution in [0.3, 0.4) is 0 Å². The van der Waals surface area contributed by atoms with E-state index >= 15 is 0 Å². The minimum Gasteiger partial charge on any atom is -0.494 e. The van der Waals surface area contributed by atoms with Crippen molar-refractivity contribution < 1.29 is 13.9 Å². The van der Waals surface area contributed by atoms with Gasteiger partial charge in [-0.3, -0.25) is 9.89 Å². The molecule has 0 saturated heterocycles. The van der Waals surface area contributed by atoms with Gasteiger partial charge in [-0.05, 0) is 48.4 Å². The zero-order valence-corrected chi connectivity index (χ0v) is 18.3. The Hall–Kier alpha value is -3.51. The molecule has 1 N–H and O–H groups in total. The highest BCUT2D eigenvalue weighted by molar-refractivity contribution is 6.30. The number of halogens is 1. The van der Waals surface area contributed by atoms with E-state index in [1.54, 1.807) is 6.26 Å². The molecule has 0 fully saturated rings. The lowest BCUT2D eigenvalue weighted by Crippen LogP contribution is -2.28. The van der Waals surface area contributed by atoms with Gasteiger partial charge in [-0.25, -0.2) is 0 Å². The summed E-state index contributed by atoms with van der Waals surface area (Å²) in [6.07, 6.45) is 2.56. The zero-order chi connectivity index (χ0) is 22.1. The van der Waals surface area contributed by atoms with Gasteiger partial charge in [0.2, 0.25) is 0 Å². The molecular weight excluding hydrogens is 426 g/mol. The van der Waals surface area contributed by atoms with Crippen LogP contribution < -0.4 is 4.74 Å². The molecule has 1 aliphatic heterocycles. The minimum absolute atomic E-state index is 0.111. The van der Waals surface area contributed by atoms with Crippen LogP contribution in [0, 0.1) is 0 Å². The maximum Gasteiger partial charge on any atom is 0.273 e. The van der Waals surface area contributed by atoms with E-state index in [9.17, 15) is 4.79 Å². The Balaban J connectivity index is 1.58. The first-order chi connectivity index (χ1) is 15.7. The van der Waals surface area contributed by atoms with Crippen molar-refractivity contribution in [3.05, 3.63) is 94.5 Å². The van der Waals surface area contributed by atoms with Crippen molar-refractivity contribution in [2.24, 2.45) is 0 Å². The average Bonchev–Trinajstić information content (AvgIpc) is 3.53. The number of amides is 1. The van der Waals surface area contributed by atoms with E-state index in [1.807, 2.05) is 65.6 Å². The molecule has 0 saturated carbocycles. The summed E-state index contributed by atoms with van der Waals surface area (Å²) in [4.78, 5) is 15.2. The fourth-order valence-corrected chi connectivity index (χ4v) is 4.20. The molecule has 162 valence electrons. The summed E-state index contributed by atoms with van der Waals surface area (Å²) in [6.45, 7) is 3.09. The van der Waals surface area contributed by atoms with Crippen molar-refractivity contribution >= 4 is 17.5 Å². The Labute approximate surface area is 190 Å². The zero-order valence-electron chi connectivity index (χ0n) is 17.5. The molecule has 32 heavy (non-hydrogen) atoms. The molecule has 3 heterocycles. The standard InChI is InChI=1S/C25H22ClN3O3/c1-2-13-31-19-11-7-17(8-12-19)24-21-22(16-5-9-18(26)10-6-16)27-28-23(21)25(30)29(24)15-20-4-3-14-32-20/h3-12,14,24H,2,13,15H2,1H3,(H,27,28). The molecule has 0 radical (unpaired) electrons. The van der Waals surface area contributed by atoms with Crippen LogP contribution in [-0.2, 0) is 6.54 Å². The average molecular weight is 448 g/mol. The Kier molecular flexibility index (Phi) is 5.45. The van der Waals surface area contributed by atoms with E-state index in [1.165, 1.54) is 0 Å². The normalized spacial score (nSPS) is 15.2. The fourth-order valence-electron chi connectivity index (χ4n) is 4.07. The lowest BCUT2D eigenvalue weighted by molar-refractivity contribution is 0.0717. The number of H-pyrrole nitrogens is 1. The first-order valence-electron chi connectivity index (χ1n) is 10.6. The number of carbonyl (C=O) groups is 1. The number of hydrogen-bond acceptors (Lipinski definition) is 4. The molecular formula is C25H22ClN3O3. The van der Waals surface area contributed by atoms with Crippen LogP contribution in [0.1, 0.15) is 46.8 Å². The number of hydrogen-bond donors (Lipinski definition) is 1. The maximum atomic E-state index is 13.4. The van der Waals surface area contributed by atoms with E-state index in [-0.39, 0.29) is 11.9 Å². The molecule has 1 unspecified atom stereocenters. The quantitative estimate of drug-likeness (QED) is 0.385. The maximum absolute atomic E-state index is 13.4. The SMILES string of the molecule is CCCOc1ccc(C2c3c(-c4ccc(Cl)cc4)n[nH]c3C(=O)N2Cc2ccco2)cc1. The van der Waals surface area contributed by atoms with E-state index in [0.717, 1.165) is 40.3 Å². The number of nitrogens with zero attached hydrogens (tertiary/aromatic N) is 2. The van der Waals surface area contributed by atoms with Gasteiger partial charge >= 0.3 is 0 Å². The molecule has 0 aliphatic carbocycles. The lowest BCUT2D eigenvalue weighted by atomic mass is 9.96. The van der Waals surface area contributed by atoms with Crippen LogP contribution in [0.15, 0.2) is 71.3 Å². The molecule has 1 amide bonds. The summed E-state index contributed by atoms with van der Waals surface area (Å²) >= 11 is 6.08. The minimum atomic E-state index is -0.313. The molecule has 2 aromatic carbocycles. The topological polar surface area (TPSA) is 71.4 Å².